The van der Waals surface area contributed by atoms with Gasteiger partial charge in [0.15, 0.2) is 0 Å². The molecule has 0 aliphatic heterocycles. The van der Waals surface area contributed by atoms with E-state index in [9.17, 15) is 0 Å². The Labute approximate surface area is 332 Å². The van der Waals surface area contributed by atoms with E-state index in [2.05, 4.69) is 234 Å². The third-order valence-electron chi connectivity index (χ3n) is 11.7. The average Bonchev–Trinajstić information content (AvgIpc) is 3.80. The van der Waals surface area contributed by atoms with E-state index in [1.807, 2.05) is 0 Å². The Balaban J connectivity index is 0.994. The van der Waals surface area contributed by atoms with Gasteiger partial charge >= 0.3 is 0 Å². The van der Waals surface area contributed by atoms with Crippen LogP contribution in [-0.2, 0) is 0 Å². The Morgan fingerprint density at radius 2 is 0.596 bits per heavy atom. The third kappa shape index (κ3) is 5.65. The summed E-state index contributed by atoms with van der Waals surface area (Å²) in [5, 5.41) is 5.01. The van der Waals surface area contributed by atoms with Crippen molar-refractivity contribution in [3.05, 3.63) is 241 Å². The maximum absolute atomic E-state index is 2.41. The van der Waals surface area contributed by atoms with Crippen LogP contribution in [-0.4, -0.2) is 9.13 Å². The molecule has 2 nitrogen and oxygen atoms in total. The van der Waals surface area contributed by atoms with E-state index in [0.717, 1.165) is 11.4 Å². The summed E-state index contributed by atoms with van der Waals surface area (Å²) < 4.78 is 4.81. The molecule has 0 spiro atoms. The van der Waals surface area contributed by atoms with Gasteiger partial charge in [-0.15, -0.1) is 0 Å². The van der Waals surface area contributed by atoms with Gasteiger partial charge in [0, 0.05) is 38.8 Å². The van der Waals surface area contributed by atoms with Crippen molar-refractivity contribution >= 4 is 43.6 Å². The largest absolute Gasteiger partial charge is 0.309 e. The minimum Gasteiger partial charge on any atom is -0.309 e. The van der Waals surface area contributed by atoms with Crippen LogP contribution in [0, 0.1) is 0 Å². The fourth-order valence-corrected chi connectivity index (χ4v) is 8.98. The Morgan fingerprint density at radius 3 is 1.09 bits per heavy atom. The van der Waals surface area contributed by atoms with Crippen LogP contribution in [0.3, 0.4) is 0 Å². The minimum absolute atomic E-state index is 0.161. The summed E-state index contributed by atoms with van der Waals surface area (Å²) in [6, 6.07) is 81.8. The average molecular weight is 727 g/mol. The Hall–Kier alpha value is -7.42. The second-order valence-electron chi connectivity index (χ2n) is 14.9. The summed E-state index contributed by atoms with van der Waals surface area (Å²) in [5.41, 5.74) is 15.9. The Bertz CT molecular complexity index is 3150. The summed E-state index contributed by atoms with van der Waals surface area (Å²) in [5.74, 6) is 0.161. The maximum atomic E-state index is 2.41. The molecule has 0 saturated carbocycles. The quantitative estimate of drug-likeness (QED) is 0.145. The SMILES string of the molecule is c1ccc(-c2ccc(-n3c4ccccc4c4cc(-c5ccc6c(c5)c5ccccc5n6-c5ccc(C(c6ccccc6)c6ccccc6)cc5)ccc43)cc2)cc1. The summed E-state index contributed by atoms with van der Waals surface area (Å²) >= 11 is 0. The molecule has 57 heavy (non-hydrogen) atoms. The molecule has 2 aromatic heterocycles. The van der Waals surface area contributed by atoms with Gasteiger partial charge < -0.3 is 9.13 Å². The van der Waals surface area contributed by atoms with E-state index in [0.29, 0.717) is 0 Å². The molecule has 0 aliphatic rings. The van der Waals surface area contributed by atoms with E-state index in [1.54, 1.807) is 0 Å². The first-order chi connectivity index (χ1) is 28.3. The van der Waals surface area contributed by atoms with Gasteiger partial charge in [-0.3, -0.25) is 0 Å². The normalized spacial score (nSPS) is 11.7. The van der Waals surface area contributed by atoms with Gasteiger partial charge in [-0.1, -0.05) is 164 Å². The van der Waals surface area contributed by atoms with Crippen molar-refractivity contribution in [2.45, 2.75) is 5.92 Å². The molecular formula is C55H38N2. The highest BCUT2D eigenvalue weighted by Gasteiger charge is 2.19. The number of benzene rings is 9. The predicted octanol–water partition coefficient (Wildman–Crippen LogP) is 14.4. The zero-order valence-corrected chi connectivity index (χ0v) is 31.3. The predicted molar refractivity (Wildman–Crippen MR) is 240 cm³/mol. The number of rotatable bonds is 7. The molecule has 0 fully saturated rings. The fraction of sp³-hybridized carbons (Fsp3) is 0.0182. The van der Waals surface area contributed by atoms with Crippen molar-refractivity contribution in [3.63, 3.8) is 0 Å². The molecule has 2 heteroatoms. The molecular weight excluding hydrogens is 689 g/mol. The van der Waals surface area contributed by atoms with Crippen molar-refractivity contribution in [2.24, 2.45) is 0 Å². The highest BCUT2D eigenvalue weighted by atomic mass is 15.0. The second kappa shape index (κ2) is 13.7. The molecule has 268 valence electrons. The standard InChI is InChI=1S/C55H38N2/c1-4-14-38(15-5-1)39-24-30-45(31-25-39)56-51-22-12-10-20-47(51)49-36-43(28-34-53(49)56)44-29-35-54-50(37-44)48-21-11-13-23-52(48)57(54)46-32-26-42(27-33-46)55(40-16-6-2-7-17-40)41-18-8-3-9-19-41/h1-37,55H. The second-order valence-corrected chi connectivity index (χ2v) is 14.9. The molecule has 0 aliphatic carbocycles. The van der Waals surface area contributed by atoms with E-state index >= 15 is 0 Å². The molecule has 0 unspecified atom stereocenters. The Kier molecular flexibility index (Phi) is 7.93. The smallest absolute Gasteiger partial charge is 0.0541 e. The topological polar surface area (TPSA) is 9.86 Å². The minimum atomic E-state index is 0.161. The molecule has 11 rings (SSSR count). The number of fused-ring (bicyclic) bond motifs is 6. The van der Waals surface area contributed by atoms with Gasteiger partial charge in [0.25, 0.3) is 0 Å². The number of hydrogen-bond acceptors (Lipinski definition) is 0. The van der Waals surface area contributed by atoms with Crippen LogP contribution < -0.4 is 0 Å². The van der Waals surface area contributed by atoms with E-state index in [1.165, 1.54) is 82.6 Å². The lowest BCUT2D eigenvalue weighted by Gasteiger charge is -2.19. The van der Waals surface area contributed by atoms with Crippen molar-refractivity contribution < 1.29 is 0 Å². The van der Waals surface area contributed by atoms with Crippen molar-refractivity contribution in [1.82, 2.24) is 9.13 Å². The maximum Gasteiger partial charge on any atom is 0.0541 e. The van der Waals surface area contributed by atoms with E-state index < -0.39 is 0 Å². The lowest BCUT2D eigenvalue weighted by molar-refractivity contribution is 0.975. The van der Waals surface area contributed by atoms with Gasteiger partial charge in [0.2, 0.25) is 0 Å². The molecule has 0 amide bonds. The molecule has 0 atom stereocenters. The molecule has 2 heterocycles. The van der Waals surface area contributed by atoms with Crippen LogP contribution in [0.15, 0.2) is 224 Å². The number of nitrogens with zero attached hydrogens (tertiary/aromatic N) is 2. The monoisotopic (exact) mass is 726 g/mol. The molecule has 0 radical (unpaired) electrons. The van der Waals surface area contributed by atoms with Gasteiger partial charge in [-0.2, -0.15) is 0 Å². The van der Waals surface area contributed by atoms with Gasteiger partial charge in [-0.05, 0) is 99.6 Å². The van der Waals surface area contributed by atoms with Crippen LogP contribution in [0.25, 0.3) is 77.2 Å². The van der Waals surface area contributed by atoms with Crippen LogP contribution >= 0.6 is 0 Å². The summed E-state index contributed by atoms with van der Waals surface area (Å²) in [6.07, 6.45) is 0. The number of hydrogen-bond donors (Lipinski definition) is 0. The fourth-order valence-electron chi connectivity index (χ4n) is 8.98. The molecule has 0 bridgehead atoms. The van der Waals surface area contributed by atoms with Crippen LogP contribution in [0.5, 0.6) is 0 Å². The van der Waals surface area contributed by atoms with Crippen LogP contribution in [0.1, 0.15) is 22.6 Å². The van der Waals surface area contributed by atoms with E-state index in [-0.39, 0.29) is 5.92 Å². The zero-order chi connectivity index (χ0) is 37.7. The number of aromatic nitrogens is 2. The van der Waals surface area contributed by atoms with Crippen LogP contribution in [0.2, 0.25) is 0 Å². The molecule has 0 saturated heterocycles. The molecule has 9 aromatic carbocycles. The highest BCUT2D eigenvalue weighted by Crippen LogP contribution is 2.39. The third-order valence-corrected chi connectivity index (χ3v) is 11.7. The van der Waals surface area contributed by atoms with Crippen molar-refractivity contribution in [2.75, 3.05) is 0 Å². The first-order valence-corrected chi connectivity index (χ1v) is 19.7. The van der Waals surface area contributed by atoms with Crippen LogP contribution in [0.4, 0.5) is 0 Å². The first-order valence-electron chi connectivity index (χ1n) is 19.7. The summed E-state index contributed by atoms with van der Waals surface area (Å²) in [6.45, 7) is 0. The van der Waals surface area contributed by atoms with Crippen molar-refractivity contribution in [3.8, 4) is 33.6 Å². The number of para-hydroxylation sites is 2. The van der Waals surface area contributed by atoms with Gasteiger partial charge in [-0.25, -0.2) is 0 Å². The summed E-state index contributed by atoms with van der Waals surface area (Å²) in [7, 11) is 0. The Morgan fingerprint density at radius 1 is 0.246 bits per heavy atom. The van der Waals surface area contributed by atoms with Gasteiger partial charge in [0.1, 0.15) is 0 Å². The molecule has 11 aromatic rings. The van der Waals surface area contributed by atoms with Crippen molar-refractivity contribution in [1.29, 1.82) is 0 Å². The highest BCUT2D eigenvalue weighted by molar-refractivity contribution is 6.12. The first kappa shape index (κ1) is 33.0. The van der Waals surface area contributed by atoms with Gasteiger partial charge in [0.05, 0.1) is 22.1 Å². The molecule has 0 N–H and O–H groups in total. The lowest BCUT2D eigenvalue weighted by atomic mass is 9.85. The zero-order valence-electron chi connectivity index (χ0n) is 31.3. The van der Waals surface area contributed by atoms with E-state index in [4.69, 9.17) is 0 Å². The summed E-state index contributed by atoms with van der Waals surface area (Å²) in [4.78, 5) is 0. The lowest BCUT2D eigenvalue weighted by Crippen LogP contribution is -2.03.